The molecule has 0 saturated carbocycles. The first-order chi connectivity index (χ1) is 11.0. The third-order valence-electron chi connectivity index (χ3n) is 3.50. The van der Waals surface area contributed by atoms with Crippen LogP contribution in [0.1, 0.15) is 10.4 Å². The molecular weight excluding hydrogens is 319 g/mol. The second kappa shape index (κ2) is 5.85. The van der Waals surface area contributed by atoms with Crippen LogP contribution in [-0.4, -0.2) is 10.5 Å². The van der Waals surface area contributed by atoms with Crippen molar-refractivity contribution >= 4 is 34.1 Å². The number of hydrogen-bond acceptors (Lipinski definition) is 2. The molecule has 116 valence electrons. The number of amides is 1. The van der Waals surface area contributed by atoms with Crippen molar-refractivity contribution in [3.05, 3.63) is 75.3 Å². The summed E-state index contributed by atoms with van der Waals surface area (Å²) >= 11 is 5.94. The van der Waals surface area contributed by atoms with E-state index < -0.39 is 17.2 Å². The number of halogens is 2. The highest BCUT2D eigenvalue weighted by molar-refractivity contribution is 6.31. The summed E-state index contributed by atoms with van der Waals surface area (Å²) in [6, 6.07) is 10.3. The number of rotatable bonds is 2. The van der Waals surface area contributed by atoms with Gasteiger partial charge in [0.25, 0.3) is 5.91 Å². The summed E-state index contributed by atoms with van der Waals surface area (Å²) in [6.45, 7) is 0. The zero-order chi connectivity index (χ0) is 16.6. The van der Waals surface area contributed by atoms with E-state index in [4.69, 9.17) is 11.6 Å². The van der Waals surface area contributed by atoms with Crippen LogP contribution in [0.15, 0.2) is 53.5 Å². The first kappa shape index (κ1) is 15.2. The number of aryl methyl sites for hydroxylation is 1. The zero-order valence-electron chi connectivity index (χ0n) is 12.1. The number of nitrogens with zero attached hydrogens (tertiary/aromatic N) is 1. The minimum absolute atomic E-state index is 0.00779. The highest BCUT2D eigenvalue weighted by atomic mass is 35.5. The van der Waals surface area contributed by atoms with E-state index in [9.17, 15) is 14.0 Å². The number of carbonyl (C=O) groups is 1. The van der Waals surface area contributed by atoms with Gasteiger partial charge in [-0.3, -0.25) is 9.59 Å². The Morgan fingerprint density at radius 2 is 1.87 bits per heavy atom. The summed E-state index contributed by atoms with van der Waals surface area (Å²) in [4.78, 5) is 24.9. The van der Waals surface area contributed by atoms with Gasteiger partial charge >= 0.3 is 0 Å². The van der Waals surface area contributed by atoms with Crippen molar-refractivity contribution in [2.75, 3.05) is 5.32 Å². The molecule has 3 aromatic rings. The van der Waals surface area contributed by atoms with Crippen molar-refractivity contribution in [2.45, 2.75) is 0 Å². The molecule has 0 aliphatic rings. The van der Waals surface area contributed by atoms with Crippen LogP contribution in [0.3, 0.4) is 0 Å². The van der Waals surface area contributed by atoms with Gasteiger partial charge < -0.3 is 9.88 Å². The van der Waals surface area contributed by atoms with E-state index in [2.05, 4.69) is 5.32 Å². The summed E-state index contributed by atoms with van der Waals surface area (Å²) < 4.78 is 14.6. The van der Waals surface area contributed by atoms with Gasteiger partial charge in [-0.25, -0.2) is 4.39 Å². The van der Waals surface area contributed by atoms with Gasteiger partial charge in [0.05, 0.1) is 5.52 Å². The predicted octanol–water partition coefficient (Wildman–Crippen LogP) is 3.58. The molecule has 3 rings (SSSR count). The van der Waals surface area contributed by atoms with E-state index in [1.807, 2.05) is 0 Å². The first-order valence-corrected chi connectivity index (χ1v) is 7.19. The van der Waals surface area contributed by atoms with Gasteiger partial charge in [0.15, 0.2) is 0 Å². The van der Waals surface area contributed by atoms with Gasteiger partial charge in [-0.1, -0.05) is 11.6 Å². The molecule has 1 aromatic heterocycles. The lowest BCUT2D eigenvalue weighted by atomic mass is 10.1. The average molecular weight is 331 g/mol. The predicted molar refractivity (Wildman–Crippen MR) is 88.6 cm³/mol. The number of aromatic nitrogens is 1. The number of carbonyl (C=O) groups excluding carboxylic acids is 1. The molecule has 0 spiro atoms. The maximum Gasteiger partial charge on any atom is 0.261 e. The highest BCUT2D eigenvalue weighted by Gasteiger charge is 2.15. The van der Waals surface area contributed by atoms with E-state index in [0.29, 0.717) is 21.6 Å². The lowest BCUT2D eigenvalue weighted by Gasteiger charge is -2.10. The second-order valence-electron chi connectivity index (χ2n) is 5.11. The van der Waals surface area contributed by atoms with Gasteiger partial charge in [0.1, 0.15) is 11.4 Å². The molecule has 6 heteroatoms. The molecule has 4 nitrogen and oxygen atoms in total. The monoisotopic (exact) mass is 330 g/mol. The van der Waals surface area contributed by atoms with Crippen molar-refractivity contribution in [1.29, 1.82) is 0 Å². The maximum atomic E-state index is 12.9. The molecule has 0 atom stereocenters. The van der Waals surface area contributed by atoms with Crippen LogP contribution in [-0.2, 0) is 7.05 Å². The number of pyridine rings is 1. The molecule has 0 bridgehead atoms. The Kier molecular flexibility index (Phi) is 3.88. The summed E-state index contributed by atoms with van der Waals surface area (Å²) in [6.07, 6.45) is 1.47. The Hall–Kier alpha value is -2.66. The van der Waals surface area contributed by atoms with Crippen molar-refractivity contribution in [3.63, 3.8) is 0 Å². The Morgan fingerprint density at radius 3 is 2.57 bits per heavy atom. The molecule has 1 amide bonds. The fourth-order valence-electron chi connectivity index (χ4n) is 2.36. The lowest BCUT2D eigenvalue weighted by molar-refractivity contribution is 0.102. The van der Waals surface area contributed by atoms with Crippen molar-refractivity contribution in [1.82, 2.24) is 4.57 Å². The Bertz CT molecular complexity index is 965. The molecule has 0 radical (unpaired) electrons. The van der Waals surface area contributed by atoms with Crippen LogP contribution >= 0.6 is 11.6 Å². The second-order valence-corrected chi connectivity index (χ2v) is 5.54. The molecule has 23 heavy (non-hydrogen) atoms. The number of benzene rings is 2. The summed E-state index contributed by atoms with van der Waals surface area (Å²) in [7, 11) is 1.74. The fraction of sp³-hybridized carbons (Fsp3) is 0.0588. The SMILES string of the molecule is Cn1cc(C(=O)Nc2ccc(F)cc2)c(=O)c2cc(Cl)ccc21. The quantitative estimate of drug-likeness (QED) is 0.780. The van der Waals surface area contributed by atoms with Crippen LogP contribution in [0, 0.1) is 5.82 Å². The largest absolute Gasteiger partial charge is 0.350 e. The number of nitrogens with one attached hydrogen (secondary N) is 1. The summed E-state index contributed by atoms with van der Waals surface area (Å²) in [5.74, 6) is -0.960. The molecule has 0 saturated heterocycles. The molecular formula is C17H12ClFN2O2. The van der Waals surface area contributed by atoms with E-state index in [1.165, 1.54) is 36.5 Å². The van der Waals surface area contributed by atoms with Crippen molar-refractivity contribution in [2.24, 2.45) is 7.05 Å². The van der Waals surface area contributed by atoms with E-state index >= 15 is 0 Å². The van der Waals surface area contributed by atoms with Gasteiger partial charge in [-0.15, -0.1) is 0 Å². The Balaban J connectivity index is 2.05. The molecule has 0 aliphatic carbocycles. The van der Waals surface area contributed by atoms with Crippen LogP contribution < -0.4 is 10.7 Å². The zero-order valence-corrected chi connectivity index (χ0v) is 12.9. The van der Waals surface area contributed by atoms with Crippen LogP contribution in [0.4, 0.5) is 10.1 Å². The molecule has 0 fully saturated rings. The first-order valence-electron chi connectivity index (χ1n) is 6.81. The molecule has 0 unspecified atom stereocenters. The standard InChI is InChI=1S/C17H12ClFN2O2/c1-21-9-14(16(22)13-8-10(18)2-7-15(13)21)17(23)20-12-5-3-11(19)4-6-12/h2-9H,1H3,(H,20,23). The number of fused-ring (bicyclic) bond motifs is 1. The summed E-state index contributed by atoms with van der Waals surface area (Å²) in [5.41, 5.74) is 0.675. The number of hydrogen-bond donors (Lipinski definition) is 1. The van der Waals surface area contributed by atoms with Gasteiger partial charge in [0, 0.05) is 29.3 Å². The van der Waals surface area contributed by atoms with Gasteiger partial charge in [-0.2, -0.15) is 0 Å². The lowest BCUT2D eigenvalue weighted by Crippen LogP contribution is -2.23. The minimum atomic E-state index is -0.556. The summed E-state index contributed by atoms with van der Waals surface area (Å²) in [5, 5.41) is 3.37. The molecule has 0 aliphatic heterocycles. The van der Waals surface area contributed by atoms with Crippen molar-refractivity contribution in [3.8, 4) is 0 Å². The third-order valence-corrected chi connectivity index (χ3v) is 3.73. The molecule has 1 heterocycles. The minimum Gasteiger partial charge on any atom is -0.350 e. The van der Waals surface area contributed by atoms with Crippen LogP contribution in [0.5, 0.6) is 0 Å². The molecule has 2 aromatic carbocycles. The van der Waals surface area contributed by atoms with Crippen LogP contribution in [0.2, 0.25) is 5.02 Å². The van der Waals surface area contributed by atoms with E-state index in [1.54, 1.807) is 23.7 Å². The van der Waals surface area contributed by atoms with Gasteiger partial charge in [-0.05, 0) is 42.5 Å². The Labute approximate surface area is 136 Å². The third kappa shape index (κ3) is 2.96. The molecule has 1 N–H and O–H groups in total. The van der Waals surface area contributed by atoms with E-state index in [0.717, 1.165) is 0 Å². The average Bonchev–Trinajstić information content (AvgIpc) is 2.53. The highest BCUT2D eigenvalue weighted by Crippen LogP contribution is 2.17. The normalized spacial score (nSPS) is 10.7. The smallest absolute Gasteiger partial charge is 0.261 e. The maximum absolute atomic E-state index is 12.9. The van der Waals surface area contributed by atoms with Crippen LogP contribution in [0.25, 0.3) is 10.9 Å². The number of anilines is 1. The Morgan fingerprint density at radius 1 is 1.17 bits per heavy atom. The topological polar surface area (TPSA) is 51.1 Å². The van der Waals surface area contributed by atoms with Crippen molar-refractivity contribution < 1.29 is 9.18 Å². The van der Waals surface area contributed by atoms with E-state index in [-0.39, 0.29) is 5.56 Å². The fourth-order valence-corrected chi connectivity index (χ4v) is 2.53. The van der Waals surface area contributed by atoms with Gasteiger partial charge in [0.2, 0.25) is 5.43 Å².